The van der Waals surface area contributed by atoms with Crippen molar-refractivity contribution >= 4 is 50.1 Å². The molecule has 3 unspecified atom stereocenters. The third kappa shape index (κ3) is 5.05. The number of ether oxygens (including phenoxy) is 2. The van der Waals surface area contributed by atoms with Crippen molar-refractivity contribution in [1.29, 1.82) is 0 Å². The number of sulfonamides is 1. The van der Waals surface area contributed by atoms with Crippen LogP contribution in [0.4, 0.5) is 5.69 Å². The maximum Gasteiger partial charge on any atom is 0.241 e. The van der Waals surface area contributed by atoms with Crippen LogP contribution in [0, 0.1) is 0 Å². The van der Waals surface area contributed by atoms with Crippen molar-refractivity contribution in [2.24, 2.45) is 0 Å². The lowest BCUT2D eigenvalue weighted by Crippen LogP contribution is -2.49. The standard InChI is InChI=1S/C31H31Cl2NO6S/c1-39-22-11-7-19(8-12-22)34(18-5-3-2-4-6-18)41(37,38)28-17-27-29(23-13-9-20(35)15-25(23)32)30(31(28)40-27)24-14-10-21(36)16-26(24)33/h7-16,18,27-28,31,35-36H,2-6,17H2,1H3. The zero-order valence-corrected chi connectivity index (χ0v) is 24.8. The Morgan fingerprint density at radius 3 is 2.00 bits per heavy atom. The molecule has 3 aromatic carbocycles. The van der Waals surface area contributed by atoms with E-state index in [1.54, 1.807) is 53.9 Å². The summed E-state index contributed by atoms with van der Waals surface area (Å²) in [5.74, 6) is 0.677. The van der Waals surface area contributed by atoms with E-state index >= 15 is 0 Å². The lowest BCUT2D eigenvalue weighted by atomic mass is 9.83. The Hall–Kier alpha value is -2.91. The van der Waals surface area contributed by atoms with Gasteiger partial charge in [-0.3, -0.25) is 4.31 Å². The molecule has 1 aliphatic carbocycles. The van der Waals surface area contributed by atoms with Gasteiger partial charge in [0, 0.05) is 6.04 Å². The monoisotopic (exact) mass is 615 g/mol. The van der Waals surface area contributed by atoms with E-state index < -0.39 is 27.5 Å². The highest BCUT2D eigenvalue weighted by atomic mass is 35.5. The van der Waals surface area contributed by atoms with E-state index in [9.17, 15) is 18.6 Å². The van der Waals surface area contributed by atoms with Gasteiger partial charge in [0.05, 0.1) is 28.9 Å². The highest BCUT2D eigenvalue weighted by Crippen LogP contribution is 2.54. The van der Waals surface area contributed by atoms with Crippen LogP contribution >= 0.6 is 23.2 Å². The number of aromatic hydroxyl groups is 2. The maximum absolute atomic E-state index is 14.7. The summed E-state index contributed by atoms with van der Waals surface area (Å²) >= 11 is 13.2. The number of halogens is 2. The van der Waals surface area contributed by atoms with Gasteiger partial charge in [-0.15, -0.1) is 0 Å². The molecule has 0 spiro atoms. The Bertz CT molecular complexity index is 1600. The molecule has 2 aliphatic heterocycles. The van der Waals surface area contributed by atoms with Gasteiger partial charge in [-0.05, 0) is 102 Å². The molecular formula is C31H31Cl2NO6S. The molecule has 10 heteroatoms. The summed E-state index contributed by atoms with van der Waals surface area (Å²) < 4.78 is 42.8. The Labute approximate surface area is 250 Å². The number of phenols is 2. The highest BCUT2D eigenvalue weighted by Gasteiger charge is 2.55. The molecule has 216 valence electrons. The average Bonchev–Trinajstić information content (AvgIpc) is 3.54. The normalized spacial score (nSPS) is 22.8. The van der Waals surface area contributed by atoms with E-state index in [2.05, 4.69) is 0 Å². The molecule has 0 amide bonds. The molecule has 3 atom stereocenters. The molecule has 2 fully saturated rings. The second kappa shape index (κ2) is 11.1. The number of hydrogen-bond acceptors (Lipinski definition) is 6. The third-order valence-electron chi connectivity index (χ3n) is 8.37. The molecule has 0 radical (unpaired) electrons. The highest BCUT2D eigenvalue weighted by molar-refractivity contribution is 7.93. The number of fused-ring (bicyclic) bond motifs is 2. The fraction of sp³-hybridized carbons (Fsp3) is 0.355. The van der Waals surface area contributed by atoms with Gasteiger partial charge in [-0.2, -0.15) is 0 Å². The largest absolute Gasteiger partial charge is 0.508 e. The fourth-order valence-electron chi connectivity index (χ4n) is 6.52. The summed E-state index contributed by atoms with van der Waals surface area (Å²) in [5.41, 5.74) is 3.20. The second-order valence-electron chi connectivity index (χ2n) is 10.8. The number of nitrogens with zero attached hydrogens (tertiary/aromatic N) is 1. The predicted octanol–water partition coefficient (Wildman–Crippen LogP) is 7.03. The summed E-state index contributed by atoms with van der Waals surface area (Å²) in [4.78, 5) is 0. The number of benzene rings is 3. The lowest BCUT2D eigenvalue weighted by Gasteiger charge is -2.38. The van der Waals surface area contributed by atoms with Crippen molar-refractivity contribution in [2.75, 3.05) is 11.4 Å². The topological polar surface area (TPSA) is 96.3 Å². The number of methoxy groups -OCH3 is 1. The van der Waals surface area contributed by atoms with Crippen LogP contribution in [0.5, 0.6) is 17.2 Å². The van der Waals surface area contributed by atoms with Crippen LogP contribution in [0.1, 0.15) is 49.7 Å². The zero-order chi connectivity index (χ0) is 28.9. The van der Waals surface area contributed by atoms with E-state index in [1.165, 1.54) is 18.2 Å². The molecule has 3 aromatic rings. The Balaban J connectivity index is 1.48. The van der Waals surface area contributed by atoms with Crippen molar-refractivity contribution in [1.82, 2.24) is 0 Å². The summed E-state index contributed by atoms with van der Waals surface area (Å²) in [6.45, 7) is 0. The van der Waals surface area contributed by atoms with Crippen molar-refractivity contribution in [3.05, 3.63) is 81.8 Å². The maximum atomic E-state index is 14.7. The van der Waals surface area contributed by atoms with E-state index in [-0.39, 0.29) is 29.0 Å². The Morgan fingerprint density at radius 1 is 0.854 bits per heavy atom. The van der Waals surface area contributed by atoms with Gasteiger partial charge in [0.15, 0.2) is 0 Å². The molecule has 2 heterocycles. The molecule has 41 heavy (non-hydrogen) atoms. The quantitative estimate of drug-likeness (QED) is 0.296. The van der Waals surface area contributed by atoms with Crippen molar-refractivity contribution in [3.63, 3.8) is 0 Å². The summed E-state index contributed by atoms with van der Waals surface area (Å²) in [7, 11) is -2.34. The summed E-state index contributed by atoms with van der Waals surface area (Å²) in [6.07, 6.45) is 3.49. The Kier molecular flexibility index (Phi) is 7.61. The molecule has 2 bridgehead atoms. The minimum absolute atomic E-state index is 0.000193. The molecule has 1 saturated carbocycles. The van der Waals surface area contributed by atoms with Crippen LogP contribution in [-0.4, -0.2) is 49.2 Å². The van der Waals surface area contributed by atoms with Gasteiger partial charge in [0.1, 0.15) is 28.6 Å². The van der Waals surface area contributed by atoms with Gasteiger partial charge >= 0.3 is 0 Å². The number of phenolic OH excluding ortho intramolecular Hbond substituents is 2. The van der Waals surface area contributed by atoms with Crippen LogP contribution in [0.25, 0.3) is 11.1 Å². The molecule has 7 nitrogen and oxygen atoms in total. The SMILES string of the molecule is COc1ccc(N(C2CCCCC2)S(=O)(=O)C2CC3OC2C(c2ccc(O)cc2Cl)=C3c2ccc(O)cc2Cl)cc1. The van der Waals surface area contributed by atoms with Crippen molar-refractivity contribution in [2.45, 2.75) is 62.0 Å². The average molecular weight is 617 g/mol. The number of hydrogen-bond donors (Lipinski definition) is 2. The smallest absolute Gasteiger partial charge is 0.241 e. The predicted molar refractivity (Wildman–Crippen MR) is 161 cm³/mol. The van der Waals surface area contributed by atoms with Crippen LogP contribution in [0.2, 0.25) is 10.0 Å². The molecule has 3 aliphatic rings. The van der Waals surface area contributed by atoms with E-state index in [1.807, 2.05) is 0 Å². The minimum atomic E-state index is -3.92. The first-order chi connectivity index (χ1) is 19.7. The first kappa shape index (κ1) is 28.2. The van der Waals surface area contributed by atoms with Crippen LogP contribution in [0.15, 0.2) is 60.7 Å². The Morgan fingerprint density at radius 2 is 1.44 bits per heavy atom. The third-order valence-corrected chi connectivity index (χ3v) is 11.3. The van der Waals surface area contributed by atoms with Gasteiger partial charge in [-0.25, -0.2) is 8.42 Å². The van der Waals surface area contributed by atoms with Gasteiger partial charge in [-0.1, -0.05) is 42.5 Å². The van der Waals surface area contributed by atoms with E-state index in [4.69, 9.17) is 32.7 Å². The molecule has 6 rings (SSSR count). The van der Waals surface area contributed by atoms with E-state index in [0.29, 0.717) is 33.2 Å². The first-order valence-corrected chi connectivity index (χ1v) is 16.0. The van der Waals surface area contributed by atoms with Gasteiger partial charge in [0.2, 0.25) is 10.0 Å². The molecule has 2 N–H and O–H groups in total. The van der Waals surface area contributed by atoms with Crippen LogP contribution in [-0.2, 0) is 14.8 Å². The molecule has 0 aromatic heterocycles. The number of rotatable bonds is 7. The second-order valence-corrected chi connectivity index (χ2v) is 13.6. The summed E-state index contributed by atoms with van der Waals surface area (Å²) in [5, 5.41) is 19.7. The molecular weight excluding hydrogens is 585 g/mol. The number of anilines is 1. The van der Waals surface area contributed by atoms with Crippen LogP contribution < -0.4 is 9.04 Å². The van der Waals surface area contributed by atoms with Crippen molar-refractivity contribution in [3.8, 4) is 17.2 Å². The van der Waals surface area contributed by atoms with Gasteiger partial charge < -0.3 is 19.7 Å². The first-order valence-electron chi connectivity index (χ1n) is 13.7. The summed E-state index contributed by atoms with van der Waals surface area (Å²) in [6, 6.07) is 16.3. The minimum Gasteiger partial charge on any atom is -0.508 e. The van der Waals surface area contributed by atoms with E-state index in [0.717, 1.165) is 37.7 Å². The molecule has 1 saturated heterocycles. The van der Waals surface area contributed by atoms with Crippen LogP contribution in [0.3, 0.4) is 0 Å². The lowest BCUT2D eigenvalue weighted by molar-refractivity contribution is 0.128. The van der Waals surface area contributed by atoms with Crippen molar-refractivity contribution < 1.29 is 28.1 Å². The fourth-order valence-corrected chi connectivity index (χ4v) is 9.33. The van der Waals surface area contributed by atoms with Gasteiger partial charge in [0.25, 0.3) is 0 Å². The zero-order valence-electron chi connectivity index (χ0n) is 22.5.